The van der Waals surface area contributed by atoms with Crippen LogP contribution >= 0.6 is 23.4 Å². The number of hydrogen-bond acceptors (Lipinski definition) is 8. The van der Waals surface area contributed by atoms with Gasteiger partial charge in [-0.25, -0.2) is 0 Å². The number of carbonyl (C=O) groups is 3. The molecule has 0 fully saturated rings. The number of alkyl halides is 3. The molecular formula is C39H46ClF3N6O3S. The number of nitrogens with two attached hydrogens (primary N) is 2. The van der Waals surface area contributed by atoms with E-state index in [1.165, 1.54) is 11.0 Å². The van der Waals surface area contributed by atoms with Crippen molar-refractivity contribution in [1.82, 2.24) is 20.2 Å². The van der Waals surface area contributed by atoms with Crippen molar-refractivity contribution in [1.29, 1.82) is 0 Å². The van der Waals surface area contributed by atoms with Crippen molar-refractivity contribution in [2.75, 3.05) is 20.1 Å². The zero-order valence-electron chi connectivity index (χ0n) is 29.7. The molecular weight excluding hydrogens is 725 g/mol. The lowest BCUT2D eigenvalue weighted by atomic mass is 9.89. The van der Waals surface area contributed by atoms with Gasteiger partial charge in [0.25, 0.3) is 0 Å². The number of rotatable bonds is 9. The number of nitrogens with zero attached hydrogens (tertiary/aromatic N) is 2. The summed E-state index contributed by atoms with van der Waals surface area (Å²) in [7, 11) is 1.54. The molecule has 1 amide bonds. The molecule has 2 aromatic carbocycles. The Kier molecular flexibility index (Phi) is 14.1. The van der Waals surface area contributed by atoms with Crippen LogP contribution in [-0.4, -0.2) is 64.6 Å². The van der Waals surface area contributed by atoms with E-state index in [9.17, 15) is 27.6 Å². The van der Waals surface area contributed by atoms with E-state index < -0.39 is 35.5 Å². The maximum absolute atomic E-state index is 14.6. The maximum atomic E-state index is 14.6. The zero-order valence-corrected chi connectivity index (χ0v) is 31.3. The van der Waals surface area contributed by atoms with Gasteiger partial charge in [0.05, 0.1) is 28.4 Å². The zero-order chi connectivity index (χ0) is 38.1. The van der Waals surface area contributed by atoms with Crippen LogP contribution in [0.2, 0.25) is 5.02 Å². The second kappa shape index (κ2) is 18.5. The summed E-state index contributed by atoms with van der Waals surface area (Å²) in [6.07, 6.45) is 0.722. The number of benzene rings is 2. The predicted octanol–water partition coefficient (Wildman–Crippen LogP) is 6.87. The van der Waals surface area contributed by atoms with Gasteiger partial charge < -0.3 is 26.7 Å². The molecule has 4 aromatic rings. The first-order chi connectivity index (χ1) is 25.4. The SMILES string of the molecule is CN1C(=O)[C@H](CCCCN)CC(=O)[C@H](CCCN)NCc2ncccc2Sc2c(Cl)ccc(C(F)(F)F)c2CCC(=O)[C@@H]1Cc1c[nH]c2ccccc12. The number of likely N-dealkylation sites (N-methyl/N-ethyl adjacent to an activating group) is 1. The molecule has 284 valence electrons. The summed E-state index contributed by atoms with van der Waals surface area (Å²) < 4.78 is 43.8. The van der Waals surface area contributed by atoms with Gasteiger partial charge in [0, 0.05) is 71.9 Å². The van der Waals surface area contributed by atoms with Gasteiger partial charge in [-0.05, 0) is 86.7 Å². The fraction of sp³-hybridized carbons (Fsp3) is 0.436. The van der Waals surface area contributed by atoms with Gasteiger partial charge in [0.1, 0.15) is 0 Å². The number of fused-ring (bicyclic) bond motifs is 3. The van der Waals surface area contributed by atoms with Gasteiger partial charge in [0.2, 0.25) is 5.91 Å². The van der Waals surface area contributed by atoms with E-state index in [0.29, 0.717) is 55.8 Å². The van der Waals surface area contributed by atoms with Crippen LogP contribution < -0.4 is 16.8 Å². The van der Waals surface area contributed by atoms with Crippen molar-refractivity contribution < 1.29 is 27.6 Å². The van der Waals surface area contributed by atoms with Crippen LogP contribution in [0.3, 0.4) is 0 Å². The number of pyridine rings is 1. The minimum absolute atomic E-state index is 0.0657. The van der Waals surface area contributed by atoms with Crippen LogP contribution in [-0.2, 0) is 39.9 Å². The summed E-state index contributed by atoms with van der Waals surface area (Å²) in [5.74, 6) is -1.70. The van der Waals surface area contributed by atoms with E-state index in [1.807, 2.05) is 24.3 Å². The number of para-hydroxylation sites is 1. The number of carbonyl (C=O) groups excluding carboxylic acids is 3. The number of halogens is 4. The van der Waals surface area contributed by atoms with Crippen LogP contribution in [0.25, 0.3) is 10.9 Å². The Labute approximate surface area is 316 Å². The number of ketones is 2. The standard InChI is InChI=1S/C39H46ClF3N6O3S/c1-49-33(20-25-22-47-30-10-3-2-9-26(25)30)34(50)16-13-27-28(39(41,42)43)14-15-29(40)37(27)53-36-12-7-19-46-32(36)23-48-31(11-6-18-45)35(51)21-24(38(49)52)8-4-5-17-44/h2-3,7,9-10,12,14-15,19,22,24,31,33,47-48H,4-6,8,11,13,16-18,20-21,23,44-45H2,1H3/t24-,31+,33+/m1/s1. The molecule has 0 spiro atoms. The molecule has 2 aromatic heterocycles. The molecule has 0 saturated heterocycles. The average Bonchev–Trinajstić information content (AvgIpc) is 3.55. The van der Waals surface area contributed by atoms with Crippen molar-refractivity contribution in [3.8, 4) is 0 Å². The smallest absolute Gasteiger partial charge is 0.361 e. The minimum atomic E-state index is -4.72. The highest BCUT2D eigenvalue weighted by atomic mass is 35.5. The average molecular weight is 771 g/mol. The third-order valence-electron chi connectivity index (χ3n) is 9.88. The Morgan fingerprint density at radius 3 is 2.49 bits per heavy atom. The maximum Gasteiger partial charge on any atom is 0.416 e. The lowest BCUT2D eigenvalue weighted by molar-refractivity contribution is -0.143. The number of H-pyrrole nitrogens is 1. The Morgan fingerprint density at radius 1 is 0.962 bits per heavy atom. The van der Waals surface area contributed by atoms with E-state index in [2.05, 4.69) is 15.3 Å². The third kappa shape index (κ3) is 10.1. The number of aromatic nitrogens is 2. The van der Waals surface area contributed by atoms with Crippen molar-refractivity contribution in [2.45, 2.75) is 92.4 Å². The summed E-state index contributed by atoms with van der Waals surface area (Å²) in [6.45, 7) is 0.905. The van der Waals surface area contributed by atoms with Crippen LogP contribution in [0.4, 0.5) is 13.2 Å². The number of hydrogen-bond donors (Lipinski definition) is 4. The monoisotopic (exact) mass is 770 g/mol. The Balaban J connectivity index is 1.63. The first kappa shape index (κ1) is 40.4. The molecule has 0 unspecified atom stereocenters. The Hall–Kier alpha value is -3.75. The number of Topliss-reactive ketones (excluding diaryl/α,β-unsaturated/α-hetero) is 2. The van der Waals surface area contributed by atoms with Crippen LogP contribution in [0, 0.1) is 5.92 Å². The van der Waals surface area contributed by atoms with E-state index >= 15 is 0 Å². The molecule has 14 heteroatoms. The number of nitrogens with one attached hydrogen (secondary N) is 2. The predicted molar refractivity (Wildman–Crippen MR) is 202 cm³/mol. The van der Waals surface area contributed by atoms with Gasteiger partial charge >= 0.3 is 6.18 Å². The summed E-state index contributed by atoms with van der Waals surface area (Å²) in [6, 6.07) is 11.4. The van der Waals surface area contributed by atoms with E-state index in [1.54, 1.807) is 31.6 Å². The summed E-state index contributed by atoms with van der Waals surface area (Å²) in [5.41, 5.74) is 12.8. The molecule has 0 aliphatic carbocycles. The first-order valence-electron chi connectivity index (χ1n) is 17.9. The normalized spacial score (nSPS) is 19.6. The largest absolute Gasteiger partial charge is 0.416 e. The van der Waals surface area contributed by atoms with Gasteiger partial charge in [-0.1, -0.05) is 48.0 Å². The van der Waals surface area contributed by atoms with E-state index in [4.69, 9.17) is 23.1 Å². The summed E-state index contributed by atoms with van der Waals surface area (Å²) in [4.78, 5) is 52.7. The molecule has 0 saturated carbocycles. The lowest BCUT2D eigenvalue weighted by Crippen LogP contribution is -2.47. The molecule has 3 heterocycles. The Bertz CT molecular complexity index is 1900. The molecule has 5 rings (SSSR count). The fourth-order valence-electron chi connectivity index (χ4n) is 6.97. The molecule has 9 nitrogen and oxygen atoms in total. The van der Waals surface area contributed by atoms with E-state index in [-0.39, 0.29) is 59.4 Å². The van der Waals surface area contributed by atoms with Crippen LogP contribution in [0.5, 0.6) is 0 Å². The highest BCUT2D eigenvalue weighted by molar-refractivity contribution is 7.99. The third-order valence-corrected chi connectivity index (χ3v) is 11.6. The van der Waals surface area contributed by atoms with E-state index in [0.717, 1.165) is 34.3 Å². The number of amides is 1. The molecule has 6 N–H and O–H groups in total. The summed E-state index contributed by atoms with van der Waals surface area (Å²) >= 11 is 7.69. The summed E-state index contributed by atoms with van der Waals surface area (Å²) in [5, 5.41) is 4.28. The van der Waals surface area contributed by atoms with Crippen molar-refractivity contribution >= 4 is 51.7 Å². The van der Waals surface area contributed by atoms with Gasteiger partial charge in [-0.15, -0.1) is 0 Å². The second-order valence-corrected chi connectivity index (χ2v) is 14.9. The molecule has 53 heavy (non-hydrogen) atoms. The fourth-order valence-corrected chi connectivity index (χ4v) is 8.37. The van der Waals surface area contributed by atoms with Crippen molar-refractivity contribution in [2.24, 2.45) is 17.4 Å². The van der Waals surface area contributed by atoms with Gasteiger partial charge in [0.15, 0.2) is 11.6 Å². The second-order valence-electron chi connectivity index (χ2n) is 13.5. The number of unbranched alkanes of at least 4 members (excludes halogenated alkanes) is 1. The first-order valence-corrected chi connectivity index (χ1v) is 19.1. The molecule has 3 atom stereocenters. The highest BCUT2D eigenvalue weighted by Crippen LogP contribution is 2.44. The van der Waals surface area contributed by atoms with Gasteiger partial charge in [-0.2, -0.15) is 13.2 Å². The van der Waals surface area contributed by atoms with Crippen LogP contribution in [0.15, 0.2) is 70.7 Å². The number of aromatic amines is 1. The topological polar surface area (TPSA) is 147 Å². The van der Waals surface area contributed by atoms with Gasteiger partial charge in [-0.3, -0.25) is 19.4 Å². The Morgan fingerprint density at radius 2 is 1.74 bits per heavy atom. The van der Waals surface area contributed by atoms with Crippen molar-refractivity contribution in [3.63, 3.8) is 0 Å². The molecule has 0 radical (unpaired) electrons. The molecule has 1 aliphatic heterocycles. The highest BCUT2D eigenvalue weighted by Gasteiger charge is 2.37. The molecule has 0 bridgehead atoms. The quantitative estimate of drug-likeness (QED) is 0.135. The minimum Gasteiger partial charge on any atom is -0.361 e. The lowest BCUT2D eigenvalue weighted by Gasteiger charge is -2.31. The molecule has 1 aliphatic rings. The van der Waals surface area contributed by atoms with Crippen LogP contribution in [0.1, 0.15) is 67.3 Å². The van der Waals surface area contributed by atoms with Crippen molar-refractivity contribution in [3.05, 3.63) is 88.3 Å².